The van der Waals surface area contributed by atoms with Gasteiger partial charge in [0, 0.05) is 18.0 Å². The summed E-state index contributed by atoms with van der Waals surface area (Å²) in [4.78, 5) is 14.2. The summed E-state index contributed by atoms with van der Waals surface area (Å²) in [6, 6.07) is 12.0. The Balaban J connectivity index is 1.12. The number of amides is 1. The van der Waals surface area contributed by atoms with Crippen LogP contribution in [0.4, 0.5) is 0 Å². The van der Waals surface area contributed by atoms with E-state index in [0.717, 1.165) is 31.5 Å². The van der Waals surface area contributed by atoms with Crippen LogP contribution in [0.2, 0.25) is 0 Å². The molecule has 1 aliphatic heterocycles. The monoisotopic (exact) mass is 327 g/mol. The second kappa shape index (κ2) is 7.24. The number of carbonyl (C=O) groups is 1. The minimum Gasteiger partial charge on any atom is -0.352 e. The maximum atomic E-state index is 11.9. The number of benzene rings is 1. The zero-order chi connectivity index (χ0) is 16.4. The van der Waals surface area contributed by atoms with Gasteiger partial charge in [0.25, 0.3) is 0 Å². The predicted octanol–water partition coefficient (Wildman–Crippen LogP) is 2.12. The third kappa shape index (κ3) is 4.37. The molecule has 1 amide bonds. The van der Waals surface area contributed by atoms with Crippen LogP contribution >= 0.6 is 0 Å². The molecule has 4 nitrogen and oxygen atoms in total. The van der Waals surface area contributed by atoms with Crippen molar-refractivity contribution < 1.29 is 4.79 Å². The minimum atomic E-state index is 0.220. The fraction of sp³-hybridized carbons (Fsp3) is 0.650. The topological polar surface area (TPSA) is 44.4 Å². The van der Waals surface area contributed by atoms with Gasteiger partial charge in [-0.25, -0.2) is 0 Å². The molecule has 24 heavy (non-hydrogen) atoms. The molecule has 3 fully saturated rings. The van der Waals surface area contributed by atoms with Crippen molar-refractivity contribution in [3.63, 3.8) is 0 Å². The molecule has 2 aliphatic carbocycles. The van der Waals surface area contributed by atoms with Crippen LogP contribution in [0.15, 0.2) is 30.3 Å². The molecule has 1 heterocycles. The van der Waals surface area contributed by atoms with Crippen molar-refractivity contribution in [2.75, 3.05) is 26.2 Å². The highest BCUT2D eigenvalue weighted by Gasteiger charge is 2.38. The van der Waals surface area contributed by atoms with Crippen LogP contribution in [0.5, 0.6) is 0 Å². The van der Waals surface area contributed by atoms with Gasteiger partial charge in [-0.1, -0.05) is 30.3 Å². The number of nitrogens with zero attached hydrogens (tertiary/aromatic N) is 1. The number of rotatable bonds is 7. The van der Waals surface area contributed by atoms with Gasteiger partial charge in [0.2, 0.25) is 5.91 Å². The highest BCUT2D eigenvalue weighted by atomic mass is 16.2. The van der Waals surface area contributed by atoms with Crippen molar-refractivity contribution in [3.05, 3.63) is 35.9 Å². The normalized spacial score (nSPS) is 27.8. The fourth-order valence-electron chi connectivity index (χ4n) is 3.86. The predicted molar refractivity (Wildman–Crippen MR) is 95.9 cm³/mol. The van der Waals surface area contributed by atoms with Crippen LogP contribution in [-0.4, -0.2) is 49.1 Å². The molecule has 2 saturated carbocycles. The van der Waals surface area contributed by atoms with E-state index < -0.39 is 0 Å². The molecule has 1 aromatic rings. The zero-order valence-corrected chi connectivity index (χ0v) is 14.4. The molecule has 1 saturated heterocycles. The Morgan fingerprint density at radius 3 is 2.54 bits per heavy atom. The van der Waals surface area contributed by atoms with Gasteiger partial charge in [-0.2, -0.15) is 0 Å². The Kier molecular flexibility index (Phi) is 4.86. The Hall–Kier alpha value is -1.39. The maximum Gasteiger partial charge on any atom is 0.234 e. The first-order valence-corrected chi connectivity index (χ1v) is 9.58. The lowest BCUT2D eigenvalue weighted by Crippen LogP contribution is -2.43. The number of hydrogen-bond acceptors (Lipinski definition) is 3. The van der Waals surface area contributed by atoms with Crippen LogP contribution < -0.4 is 10.6 Å². The van der Waals surface area contributed by atoms with E-state index in [9.17, 15) is 4.79 Å². The standard InChI is InChI=1S/C20H29N3O/c24-20(22-17-6-7-17)14-23-10-8-15(9-11-23)13-21-19-12-18(19)16-4-2-1-3-5-16/h1-5,15,17-19,21H,6-14H2,(H,22,24)/t18-,19+/m0/s1. The summed E-state index contributed by atoms with van der Waals surface area (Å²) in [5.74, 6) is 1.71. The summed E-state index contributed by atoms with van der Waals surface area (Å²) in [6.45, 7) is 3.86. The van der Waals surface area contributed by atoms with Crippen molar-refractivity contribution in [2.45, 2.75) is 50.1 Å². The maximum absolute atomic E-state index is 11.9. The largest absolute Gasteiger partial charge is 0.352 e. The quantitative estimate of drug-likeness (QED) is 0.806. The lowest BCUT2D eigenvalue weighted by Gasteiger charge is -2.31. The van der Waals surface area contributed by atoms with Crippen LogP contribution in [-0.2, 0) is 4.79 Å². The van der Waals surface area contributed by atoms with Crippen molar-refractivity contribution in [1.82, 2.24) is 15.5 Å². The van der Waals surface area contributed by atoms with Crippen LogP contribution in [0.25, 0.3) is 0 Å². The lowest BCUT2D eigenvalue weighted by atomic mass is 9.96. The molecule has 0 radical (unpaired) electrons. The molecular weight excluding hydrogens is 298 g/mol. The highest BCUT2D eigenvalue weighted by Crippen LogP contribution is 2.40. The summed E-state index contributed by atoms with van der Waals surface area (Å²) in [5, 5.41) is 6.86. The summed E-state index contributed by atoms with van der Waals surface area (Å²) >= 11 is 0. The third-order valence-electron chi connectivity index (χ3n) is 5.70. The Bertz CT molecular complexity index is 549. The van der Waals surface area contributed by atoms with E-state index in [-0.39, 0.29) is 5.91 Å². The average Bonchev–Trinajstić information content (AvgIpc) is 3.51. The van der Waals surface area contributed by atoms with Gasteiger partial charge in [-0.05, 0) is 63.2 Å². The second-order valence-electron chi connectivity index (χ2n) is 7.83. The van der Waals surface area contributed by atoms with Gasteiger partial charge in [-0.3, -0.25) is 9.69 Å². The van der Waals surface area contributed by atoms with E-state index in [1.807, 2.05) is 0 Å². The van der Waals surface area contributed by atoms with Gasteiger partial charge in [0.05, 0.1) is 6.54 Å². The van der Waals surface area contributed by atoms with Crippen molar-refractivity contribution in [3.8, 4) is 0 Å². The molecule has 0 spiro atoms. The van der Waals surface area contributed by atoms with Gasteiger partial charge < -0.3 is 10.6 Å². The van der Waals surface area contributed by atoms with Gasteiger partial charge in [0.15, 0.2) is 0 Å². The fourth-order valence-corrected chi connectivity index (χ4v) is 3.86. The van der Waals surface area contributed by atoms with Gasteiger partial charge in [-0.15, -0.1) is 0 Å². The molecular formula is C20H29N3O. The number of nitrogens with one attached hydrogen (secondary N) is 2. The summed E-state index contributed by atoms with van der Waals surface area (Å²) in [5.41, 5.74) is 1.48. The molecule has 130 valence electrons. The average molecular weight is 327 g/mol. The van der Waals surface area contributed by atoms with Crippen LogP contribution in [0.1, 0.15) is 43.6 Å². The molecule has 0 unspecified atom stereocenters. The SMILES string of the molecule is O=C(CN1CCC(CN[C@@H]2C[C@H]2c2ccccc2)CC1)NC1CC1. The Morgan fingerprint density at radius 1 is 1.08 bits per heavy atom. The van der Waals surface area contributed by atoms with Crippen LogP contribution in [0.3, 0.4) is 0 Å². The van der Waals surface area contributed by atoms with Gasteiger partial charge in [0.1, 0.15) is 0 Å². The number of likely N-dealkylation sites (tertiary alicyclic amines) is 1. The first-order valence-electron chi connectivity index (χ1n) is 9.58. The smallest absolute Gasteiger partial charge is 0.234 e. The summed E-state index contributed by atoms with van der Waals surface area (Å²) in [6.07, 6.45) is 6.05. The molecule has 1 aromatic carbocycles. The molecule has 2 atom stereocenters. The molecule has 4 heteroatoms. The lowest BCUT2D eigenvalue weighted by molar-refractivity contribution is -0.122. The molecule has 2 N–H and O–H groups in total. The summed E-state index contributed by atoms with van der Waals surface area (Å²) < 4.78 is 0. The van der Waals surface area contributed by atoms with E-state index in [0.29, 0.717) is 18.6 Å². The second-order valence-corrected chi connectivity index (χ2v) is 7.83. The van der Waals surface area contributed by atoms with Crippen molar-refractivity contribution in [2.24, 2.45) is 5.92 Å². The first kappa shape index (κ1) is 16.1. The van der Waals surface area contributed by atoms with E-state index in [1.165, 1.54) is 37.7 Å². The Morgan fingerprint density at radius 2 is 1.83 bits per heavy atom. The van der Waals surface area contributed by atoms with E-state index in [4.69, 9.17) is 0 Å². The molecule has 0 bridgehead atoms. The first-order chi connectivity index (χ1) is 11.8. The van der Waals surface area contributed by atoms with E-state index >= 15 is 0 Å². The van der Waals surface area contributed by atoms with E-state index in [2.05, 4.69) is 45.9 Å². The van der Waals surface area contributed by atoms with Crippen molar-refractivity contribution in [1.29, 1.82) is 0 Å². The number of hydrogen-bond donors (Lipinski definition) is 2. The molecule has 3 aliphatic rings. The highest BCUT2D eigenvalue weighted by molar-refractivity contribution is 5.78. The number of carbonyl (C=O) groups excluding carboxylic acids is 1. The molecule has 0 aromatic heterocycles. The van der Waals surface area contributed by atoms with E-state index in [1.54, 1.807) is 0 Å². The minimum absolute atomic E-state index is 0.220. The third-order valence-corrected chi connectivity index (χ3v) is 5.70. The van der Waals surface area contributed by atoms with Crippen molar-refractivity contribution >= 4 is 5.91 Å². The molecule has 4 rings (SSSR count). The van der Waals surface area contributed by atoms with Gasteiger partial charge >= 0.3 is 0 Å². The summed E-state index contributed by atoms with van der Waals surface area (Å²) in [7, 11) is 0. The number of piperidine rings is 1. The zero-order valence-electron chi connectivity index (χ0n) is 14.4. The Labute approximate surface area is 145 Å². The van der Waals surface area contributed by atoms with Crippen LogP contribution in [0, 0.1) is 5.92 Å².